The van der Waals surface area contributed by atoms with E-state index in [0.29, 0.717) is 12.6 Å². The van der Waals surface area contributed by atoms with E-state index in [4.69, 9.17) is 0 Å². The van der Waals surface area contributed by atoms with Gasteiger partial charge in [0.1, 0.15) is 6.61 Å². The Morgan fingerprint density at radius 1 is 1.28 bits per heavy atom. The molecule has 0 spiro atoms. The fourth-order valence-corrected chi connectivity index (χ4v) is 2.23. The van der Waals surface area contributed by atoms with E-state index in [9.17, 15) is 13.2 Å². The van der Waals surface area contributed by atoms with Crippen LogP contribution in [-0.4, -0.2) is 57.0 Å². The molecule has 1 saturated heterocycles. The average molecular weight is 268 g/mol. The van der Waals surface area contributed by atoms with Crippen LogP contribution in [0.1, 0.15) is 25.7 Å². The number of halogens is 3. The van der Waals surface area contributed by atoms with Crippen LogP contribution in [0.3, 0.4) is 0 Å². The molecule has 0 aromatic heterocycles. The molecule has 18 heavy (non-hydrogen) atoms. The minimum Gasteiger partial charge on any atom is -0.371 e. The van der Waals surface area contributed by atoms with Crippen LogP contribution in [0, 0.1) is 0 Å². The zero-order valence-electron chi connectivity index (χ0n) is 10.9. The minimum absolute atomic E-state index is 0.111. The van der Waals surface area contributed by atoms with Crippen molar-refractivity contribution in [2.75, 3.05) is 39.9 Å². The molecule has 1 fully saturated rings. The normalized spacial score (nSPS) is 22.3. The van der Waals surface area contributed by atoms with E-state index in [1.807, 2.05) is 0 Å². The molecular formula is C12H23F3N2O. The molecule has 1 aliphatic rings. The predicted molar refractivity (Wildman–Crippen MR) is 64.6 cm³/mol. The molecule has 0 saturated carbocycles. The van der Waals surface area contributed by atoms with Crippen LogP contribution in [-0.2, 0) is 4.74 Å². The second kappa shape index (κ2) is 7.96. The number of hydrogen-bond acceptors (Lipinski definition) is 3. The molecule has 0 aliphatic carbocycles. The summed E-state index contributed by atoms with van der Waals surface area (Å²) in [6.07, 6.45) is 0.610. The highest BCUT2D eigenvalue weighted by Crippen LogP contribution is 2.17. The molecule has 1 unspecified atom stereocenters. The van der Waals surface area contributed by atoms with Crippen molar-refractivity contribution in [1.29, 1.82) is 0 Å². The number of alkyl halides is 3. The third kappa shape index (κ3) is 7.18. The zero-order chi connectivity index (χ0) is 13.4. The van der Waals surface area contributed by atoms with Gasteiger partial charge >= 0.3 is 6.18 Å². The summed E-state index contributed by atoms with van der Waals surface area (Å²) in [5.74, 6) is 0. The molecule has 6 heteroatoms. The van der Waals surface area contributed by atoms with E-state index in [1.165, 1.54) is 19.3 Å². The van der Waals surface area contributed by atoms with Crippen molar-refractivity contribution in [3.05, 3.63) is 0 Å². The van der Waals surface area contributed by atoms with Gasteiger partial charge in [-0.3, -0.25) is 0 Å². The SMILES string of the molecule is CN1CCCCC1CCNCCOCC(F)(F)F. The molecule has 1 atom stereocenters. The Kier molecular flexibility index (Phi) is 6.96. The summed E-state index contributed by atoms with van der Waals surface area (Å²) in [6, 6.07) is 0.613. The van der Waals surface area contributed by atoms with E-state index in [0.717, 1.165) is 19.5 Å². The third-order valence-corrected chi connectivity index (χ3v) is 3.26. The van der Waals surface area contributed by atoms with Crippen molar-refractivity contribution < 1.29 is 17.9 Å². The Morgan fingerprint density at radius 3 is 2.72 bits per heavy atom. The van der Waals surface area contributed by atoms with Crippen LogP contribution in [0.25, 0.3) is 0 Å². The lowest BCUT2D eigenvalue weighted by Crippen LogP contribution is -2.38. The first kappa shape index (κ1) is 15.7. The number of piperidine rings is 1. The lowest BCUT2D eigenvalue weighted by Gasteiger charge is -2.32. The van der Waals surface area contributed by atoms with Crippen LogP contribution in [0.5, 0.6) is 0 Å². The van der Waals surface area contributed by atoms with Gasteiger partial charge < -0.3 is 15.0 Å². The molecular weight excluding hydrogens is 245 g/mol. The summed E-state index contributed by atoms with van der Waals surface area (Å²) < 4.78 is 39.8. The van der Waals surface area contributed by atoms with Crippen molar-refractivity contribution in [2.45, 2.75) is 37.9 Å². The van der Waals surface area contributed by atoms with Gasteiger partial charge in [-0.25, -0.2) is 0 Å². The van der Waals surface area contributed by atoms with Gasteiger partial charge in [0.05, 0.1) is 6.61 Å². The number of nitrogens with zero attached hydrogens (tertiary/aromatic N) is 1. The summed E-state index contributed by atoms with van der Waals surface area (Å²) in [5, 5.41) is 3.12. The van der Waals surface area contributed by atoms with Crippen LogP contribution < -0.4 is 5.32 Å². The highest BCUT2D eigenvalue weighted by Gasteiger charge is 2.27. The lowest BCUT2D eigenvalue weighted by molar-refractivity contribution is -0.173. The van der Waals surface area contributed by atoms with Gasteiger partial charge in [0.2, 0.25) is 0 Å². The third-order valence-electron chi connectivity index (χ3n) is 3.26. The van der Waals surface area contributed by atoms with Crippen molar-refractivity contribution >= 4 is 0 Å². The first-order valence-electron chi connectivity index (χ1n) is 6.54. The number of likely N-dealkylation sites (tertiary alicyclic amines) is 1. The Bertz CT molecular complexity index is 224. The second-order valence-electron chi connectivity index (χ2n) is 4.84. The molecule has 1 N–H and O–H groups in total. The molecule has 1 heterocycles. The van der Waals surface area contributed by atoms with Crippen LogP contribution in [0.15, 0.2) is 0 Å². The maximum Gasteiger partial charge on any atom is 0.411 e. The first-order chi connectivity index (χ1) is 8.49. The Morgan fingerprint density at radius 2 is 2.06 bits per heavy atom. The fourth-order valence-electron chi connectivity index (χ4n) is 2.23. The van der Waals surface area contributed by atoms with Gasteiger partial charge in [-0.1, -0.05) is 6.42 Å². The zero-order valence-corrected chi connectivity index (χ0v) is 10.9. The van der Waals surface area contributed by atoms with E-state index in [2.05, 4.69) is 22.0 Å². The van der Waals surface area contributed by atoms with E-state index in [-0.39, 0.29) is 6.61 Å². The Hall–Kier alpha value is -0.330. The second-order valence-corrected chi connectivity index (χ2v) is 4.84. The molecule has 0 aromatic carbocycles. The van der Waals surface area contributed by atoms with Gasteiger partial charge in [0.25, 0.3) is 0 Å². The molecule has 0 aromatic rings. The molecule has 0 amide bonds. The number of ether oxygens (including phenoxy) is 1. The number of nitrogens with one attached hydrogen (secondary N) is 1. The van der Waals surface area contributed by atoms with Crippen LogP contribution >= 0.6 is 0 Å². The van der Waals surface area contributed by atoms with E-state index < -0.39 is 12.8 Å². The predicted octanol–water partition coefficient (Wildman–Crippen LogP) is 2.03. The molecule has 1 rings (SSSR count). The van der Waals surface area contributed by atoms with Crippen molar-refractivity contribution in [3.8, 4) is 0 Å². The smallest absolute Gasteiger partial charge is 0.371 e. The molecule has 0 radical (unpaired) electrons. The topological polar surface area (TPSA) is 24.5 Å². The summed E-state index contributed by atoms with van der Waals surface area (Å²) >= 11 is 0. The summed E-state index contributed by atoms with van der Waals surface area (Å²) in [5.41, 5.74) is 0. The van der Waals surface area contributed by atoms with Crippen LogP contribution in [0.4, 0.5) is 13.2 Å². The van der Waals surface area contributed by atoms with E-state index in [1.54, 1.807) is 0 Å². The minimum atomic E-state index is -4.22. The molecule has 3 nitrogen and oxygen atoms in total. The molecule has 0 bridgehead atoms. The molecule has 1 aliphatic heterocycles. The molecule has 108 valence electrons. The van der Waals surface area contributed by atoms with Crippen molar-refractivity contribution in [2.24, 2.45) is 0 Å². The standard InChI is InChI=1S/C12H23F3N2O/c1-17-8-3-2-4-11(17)5-6-16-7-9-18-10-12(13,14)15/h11,16H,2-10H2,1H3. The quantitative estimate of drug-likeness (QED) is 0.715. The highest BCUT2D eigenvalue weighted by molar-refractivity contribution is 4.74. The van der Waals surface area contributed by atoms with E-state index >= 15 is 0 Å². The van der Waals surface area contributed by atoms with Gasteiger partial charge in [0.15, 0.2) is 0 Å². The van der Waals surface area contributed by atoms with Crippen LogP contribution in [0.2, 0.25) is 0 Å². The summed E-state index contributed by atoms with van der Waals surface area (Å²) in [7, 11) is 2.14. The lowest BCUT2D eigenvalue weighted by atomic mass is 10.0. The summed E-state index contributed by atoms with van der Waals surface area (Å²) in [4.78, 5) is 2.37. The Balaban J connectivity index is 1.92. The van der Waals surface area contributed by atoms with Gasteiger partial charge in [0, 0.05) is 12.6 Å². The highest BCUT2D eigenvalue weighted by atomic mass is 19.4. The van der Waals surface area contributed by atoms with Crippen molar-refractivity contribution in [3.63, 3.8) is 0 Å². The fraction of sp³-hybridized carbons (Fsp3) is 1.00. The van der Waals surface area contributed by atoms with Crippen molar-refractivity contribution in [1.82, 2.24) is 10.2 Å². The average Bonchev–Trinajstić information content (AvgIpc) is 2.28. The number of rotatable bonds is 7. The maximum absolute atomic E-state index is 11.8. The van der Waals surface area contributed by atoms with Gasteiger partial charge in [-0.05, 0) is 39.4 Å². The van der Waals surface area contributed by atoms with Gasteiger partial charge in [-0.2, -0.15) is 13.2 Å². The first-order valence-corrected chi connectivity index (χ1v) is 6.54. The summed E-state index contributed by atoms with van der Waals surface area (Å²) in [6.45, 7) is 1.43. The Labute approximate surface area is 107 Å². The monoisotopic (exact) mass is 268 g/mol. The number of hydrogen-bond donors (Lipinski definition) is 1. The largest absolute Gasteiger partial charge is 0.411 e. The maximum atomic E-state index is 11.8. The van der Waals surface area contributed by atoms with Gasteiger partial charge in [-0.15, -0.1) is 0 Å².